The number of aliphatic hydroxyl groups is 1. The minimum absolute atomic E-state index is 0.0385. The molecule has 0 radical (unpaired) electrons. The Labute approximate surface area is 188 Å². The molecule has 3 aromatic rings. The lowest BCUT2D eigenvalue weighted by Crippen LogP contribution is -2.31. The summed E-state index contributed by atoms with van der Waals surface area (Å²) in [6.45, 7) is 8.31. The molecule has 0 saturated heterocycles. The number of carbonyl (C=O) groups is 2. The molecule has 0 aliphatic carbocycles. The van der Waals surface area contributed by atoms with Gasteiger partial charge in [0.05, 0.1) is 11.6 Å². The van der Waals surface area contributed by atoms with Gasteiger partial charge in [-0.15, -0.1) is 0 Å². The van der Waals surface area contributed by atoms with Crippen molar-refractivity contribution >= 4 is 17.5 Å². The van der Waals surface area contributed by atoms with E-state index in [-0.39, 0.29) is 16.8 Å². The van der Waals surface area contributed by atoms with Gasteiger partial charge in [0.25, 0.3) is 5.91 Å². The minimum Gasteiger partial charge on any atom is -0.503 e. The molecule has 1 aromatic heterocycles. The van der Waals surface area contributed by atoms with E-state index in [0.29, 0.717) is 11.4 Å². The van der Waals surface area contributed by atoms with Gasteiger partial charge in [-0.1, -0.05) is 80.9 Å². The summed E-state index contributed by atoms with van der Waals surface area (Å²) >= 11 is 0. The highest BCUT2D eigenvalue weighted by atomic mass is 16.3. The lowest BCUT2D eigenvalue weighted by molar-refractivity contribution is -0.117. The summed E-state index contributed by atoms with van der Waals surface area (Å²) in [5.74, 6) is -1.17. The SMILES string of the molecule is Cc1ccc(C(=O)C2=C(O)C(=O)N(c3ccccn3)C2c2ccc(C(C)(C)C)cc2)cc1. The highest BCUT2D eigenvalue weighted by molar-refractivity contribution is 6.20. The van der Waals surface area contributed by atoms with Crippen molar-refractivity contribution in [2.75, 3.05) is 4.90 Å². The molecular formula is C27H26N2O3. The van der Waals surface area contributed by atoms with Gasteiger partial charge in [0.15, 0.2) is 11.5 Å². The van der Waals surface area contributed by atoms with Crippen LogP contribution in [0.3, 0.4) is 0 Å². The monoisotopic (exact) mass is 426 g/mol. The second-order valence-electron chi connectivity index (χ2n) is 9.10. The molecule has 162 valence electrons. The molecule has 32 heavy (non-hydrogen) atoms. The van der Waals surface area contributed by atoms with Crippen molar-refractivity contribution in [2.24, 2.45) is 0 Å². The first-order valence-corrected chi connectivity index (χ1v) is 10.6. The molecule has 0 saturated carbocycles. The van der Waals surface area contributed by atoms with Gasteiger partial charge in [-0.05, 0) is 35.6 Å². The lowest BCUT2D eigenvalue weighted by atomic mass is 9.85. The maximum absolute atomic E-state index is 13.5. The van der Waals surface area contributed by atoms with Gasteiger partial charge < -0.3 is 5.11 Å². The van der Waals surface area contributed by atoms with Crippen LogP contribution in [-0.2, 0) is 10.2 Å². The predicted molar refractivity (Wildman–Crippen MR) is 125 cm³/mol. The van der Waals surface area contributed by atoms with E-state index in [1.54, 1.807) is 36.5 Å². The number of amides is 1. The van der Waals surface area contributed by atoms with Crippen LogP contribution in [0.1, 0.15) is 53.9 Å². The van der Waals surface area contributed by atoms with E-state index in [2.05, 4.69) is 25.8 Å². The number of ketones is 1. The largest absolute Gasteiger partial charge is 0.503 e. The van der Waals surface area contributed by atoms with E-state index in [9.17, 15) is 14.7 Å². The smallest absolute Gasteiger partial charge is 0.295 e. The molecule has 1 aliphatic heterocycles. The minimum atomic E-state index is -0.778. The molecule has 0 spiro atoms. The van der Waals surface area contributed by atoms with E-state index >= 15 is 0 Å². The van der Waals surface area contributed by atoms with Gasteiger partial charge >= 0.3 is 0 Å². The van der Waals surface area contributed by atoms with Crippen LogP contribution in [0.15, 0.2) is 84.3 Å². The van der Waals surface area contributed by atoms with Gasteiger partial charge in [0.1, 0.15) is 5.82 Å². The van der Waals surface area contributed by atoms with Gasteiger partial charge in [0, 0.05) is 11.8 Å². The fourth-order valence-electron chi connectivity index (χ4n) is 3.91. The van der Waals surface area contributed by atoms with Crippen molar-refractivity contribution < 1.29 is 14.7 Å². The van der Waals surface area contributed by atoms with Crippen LogP contribution in [0.4, 0.5) is 5.82 Å². The van der Waals surface area contributed by atoms with E-state index in [1.165, 1.54) is 4.90 Å². The Balaban J connectivity index is 1.85. The van der Waals surface area contributed by atoms with E-state index in [4.69, 9.17) is 0 Å². The zero-order valence-electron chi connectivity index (χ0n) is 18.7. The number of hydrogen-bond donors (Lipinski definition) is 1. The fraction of sp³-hybridized carbons (Fsp3) is 0.222. The van der Waals surface area contributed by atoms with E-state index in [0.717, 1.165) is 16.7 Å². The van der Waals surface area contributed by atoms with Crippen LogP contribution >= 0.6 is 0 Å². The quantitative estimate of drug-likeness (QED) is 0.562. The number of anilines is 1. The molecular weight excluding hydrogens is 400 g/mol. The molecule has 2 heterocycles. The highest BCUT2D eigenvalue weighted by Gasteiger charge is 2.45. The van der Waals surface area contributed by atoms with Crippen LogP contribution in [0.5, 0.6) is 0 Å². The summed E-state index contributed by atoms with van der Waals surface area (Å²) in [6.07, 6.45) is 1.58. The summed E-state index contributed by atoms with van der Waals surface area (Å²) < 4.78 is 0. The molecule has 1 aliphatic rings. The molecule has 2 aromatic carbocycles. The van der Waals surface area contributed by atoms with Gasteiger partial charge in [-0.2, -0.15) is 0 Å². The first-order chi connectivity index (χ1) is 15.2. The van der Waals surface area contributed by atoms with Crippen molar-refractivity contribution in [1.29, 1.82) is 0 Å². The number of aryl methyl sites for hydroxylation is 1. The molecule has 0 fully saturated rings. The second kappa shape index (κ2) is 8.08. The fourth-order valence-corrected chi connectivity index (χ4v) is 3.91. The topological polar surface area (TPSA) is 70.5 Å². The standard InChI is InChI=1S/C27H26N2O3/c1-17-8-10-19(11-9-17)24(30)22-23(18-12-14-20(15-13-18)27(2,3)4)29(26(32)25(22)31)21-7-5-6-16-28-21/h5-16,23,31H,1-4H3. The van der Waals surface area contributed by atoms with Crippen LogP contribution in [0, 0.1) is 6.92 Å². The first-order valence-electron chi connectivity index (χ1n) is 10.6. The van der Waals surface area contributed by atoms with Crippen LogP contribution < -0.4 is 4.90 Å². The number of nitrogens with zero attached hydrogens (tertiary/aromatic N) is 2. The lowest BCUT2D eigenvalue weighted by Gasteiger charge is -2.27. The van der Waals surface area contributed by atoms with Gasteiger partial charge in [-0.3, -0.25) is 14.5 Å². The number of pyridine rings is 1. The molecule has 5 heteroatoms. The van der Waals surface area contributed by atoms with Gasteiger partial charge in [-0.25, -0.2) is 4.98 Å². The molecule has 1 amide bonds. The average molecular weight is 427 g/mol. The Morgan fingerprint density at radius 1 is 0.969 bits per heavy atom. The summed E-state index contributed by atoms with van der Waals surface area (Å²) in [7, 11) is 0. The highest BCUT2D eigenvalue weighted by Crippen LogP contribution is 2.41. The summed E-state index contributed by atoms with van der Waals surface area (Å²) in [4.78, 5) is 32.3. The Morgan fingerprint density at radius 3 is 2.19 bits per heavy atom. The first kappa shape index (κ1) is 21.5. The maximum atomic E-state index is 13.5. The summed E-state index contributed by atoms with van der Waals surface area (Å²) in [6, 6.07) is 19.4. The van der Waals surface area contributed by atoms with E-state index < -0.39 is 17.7 Å². The molecule has 1 atom stereocenters. The van der Waals surface area contributed by atoms with Crippen LogP contribution in [-0.4, -0.2) is 21.8 Å². The molecule has 1 unspecified atom stereocenters. The number of benzene rings is 2. The third-order valence-electron chi connectivity index (χ3n) is 5.76. The number of aromatic nitrogens is 1. The number of aliphatic hydroxyl groups excluding tert-OH is 1. The molecule has 5 nitrogen and oxygen atoms in total. The number of carbonyl (C=O) groups excluding carboxylic acids is 2. The second-order valence-corrected chi connectivity index (χ2v) is 9.10. The van der Waals surface area contributed by atoms with E-state index in [1.807, 2.05) is 43.3 Å². The number of hydrogen-bond acceptors (Lipinski definition) is 4. The summed E-state index contributed by atoms with van der Waals surface area (Å²) in [5, 5.41) is 10.8. The Hall–Kier alpha value is -3.73. The van der Waals surface area contributed by atoms with Gasteiger partial charge in [0.2, 0.25) is 0 Å². The zero-order chi connectivity index (χ0) is 23.0. The third-order valence-corrected chi connectivity index (χ3v) is 5.76. The average Bonchev–Trinajstić information content (AvgIpc) is 3.04. The van der Waals surface area contributed by atoms with Crippen molar-refractivity contribution in [3.8, 4) is 0 Å². The Morgan fingerprint density at radius 2 is 1.62 bits per heavy atom. The van der Waals surface area contributed by atoms with Crippen molar-refractivity contribution in [1.82, 2.24) is 4.98 Å². The normalized spacial score (nSPS) is 16.6. The maximum Gasteiger partial charge on any atom is 0.295 e. The zero-order valence-corrected chi connectivity index (χ0v) is 18.7. The van der Waals surface area contributed by atoms with Crippen LogP contribution in [0.2, 0.25) is 0 Å². The Bertz CT molecular complexity index is 1190. The number of rotatable bonds is 4. The van der Waals surface area contributed by atoms with Crippen molar-refractivity contribution in [3.63, 3.8) is 0 Å². The summed E-state index contributed by atoms with van der Waals surface area (Å²) in [5.41, 5.74) is 3.33. The third kappa shape index (κ3) is 3.82. The molecule has 4 rings (SSSR count). The Kier molecular flexibility index (Phi) is 5.43. The number of Topliss-reactive ketones (excluding diaryl/α,β-unsaturated/α-hetero) is 1. The van der Waals surface area contributed by atoms with Crippen LogP contribution in [0.25, 0.3) is 0 Å². The van der Waals surface area contributed by atoms with Crippen molar-refractivity contribution in [3.05, 3.63) is 107 Å². The molecule has 1 N–H and O–H groups in total. The molecule has 0 bridgehead atoms. The predicted octanol–water partition coefficient (Wildman–Crippen LogP) is 5.47. The van der Waals surface area contributed by atoms with Crippen molar-refractivity contribution in [2.45, 2.75) is 39.2 Å².